The summed E-state index contributed by atoms with van der Waals surface area (Å²) in [6.45, 7) is 0.953. The number of hydrogen-bond donors (Lipinski definition) is 1. The van der Waals surface area contributed by atoms with Gasteiger partial charge in [0, 0.05) is 6.42 Å². The maximum Gasteiger partial charge on any atom is 0.328 e. The molecule has 1 N–H and O–H groups in total. The van der Waals surface area contributed by atoms with Crippen molar-refractivity contribution in [2.24, 2.45) is 5.92 Å². The van der Waals surface area contributed by atoms with E-state index in [0.717, 1.165) is 43.9 Å². The summed E-state index contributed by atoms with van der Waals surface area (Å²) < 4.78 is 5.51. The molecule has 1 saturated carbocycles. The highest BCUT2D eigenvalue weighted by Gasteiger charge is 2.34. The van der Waals surface area contributed by atoms with Crippen LogP contribution < -0.4 is 5.32 Å². The van der Waals surface area contributed by atoms with Crippen molar-refractivity contribution in [2.75, 3.05) is 6.54 Å². The monoisotopic (exact) mass is 207 g/mol. The number of hydrogen-bond acceptors (Lipinski definition) is 3. The summed E-state index contributed by atoms with van der Waals surface area (Å²) in [5.74, 6) is 1.73. The van der Waals surface area contributed by atoms with E-state index < -0.39 is 0 Å². The molecule has 15 heavy (non-hydrogen) atoms. The maximum absolute atomic E-state index is 11.8. The molecule has 0 radical (unpaired) electrons. The van der Waals surface area contributed by atoms with E-state index in [-0.39, 0.29) is 12.0 Å². The average Bonchev–Trinajstić information content (AvgIpc) is 2.95. The van der Waals surface area contributed by atoms with Crippen LogP contribution in [0.5, 0.6) is 0 Å². The molecule has 3 aliphatic rings. The van der Waals surface area contributed by atoms with Crippen molar-refractivity contribution < 1.29 is 9.53 Å². The number of esters is 1. The number of carbonyl (C=O) groups excluding carboxylic acids is 1. The Labute approximate surface area is 89.9 Å². The van der Waals surface area contributed by atoms with Gasteiger partial charge in [-0.1, -0.05) is 0 Å². The third-order valence-electron chi connectivity index (χ3n) is 3.83. The van der Waals surface area contributed by atoms with Gasteiger partial charge in [0.1, 0.15) is 11.8 Å². The normalized spacial score (nSPS) is 33.9. The zero-order valence-corrected chi connectivity index (χ0v) is 8.92. The molecule has 3 nitrogen and oxygen atoms in total. The summed E-state index contributed by atoms with van der Waals surface area (Å²) >= 11 is 0. The second-order valence-electron chi connectivity index (χ2n) is 4.91. The summed E-state index contributed by atoms with van der Waals surface area (Å²) in [5.41, 5.74) is 1.41. The molecule has 1 heterocycles. The first-order valence-electron chi connectivity index (χ1n) is 5.99. The molecule has 2 atom stereocenters. The van der Waals surface area contributed by atoms with Gasteiger partial charge in [-0.15, -0.1) is 0 Å². The lowest BCUT2D eigenvalue weighted by Gasteiger charge is -2.15. The number of ether oxygens (including phenoxy) is 1. The zero-order valence-electron chi connectivity index (χ0n) is 8.92. The first-order chi connectivity index (χ1) is 7.33. The molecule has 3 heteroatoms. The van der Waals surface area contributed by atoms with Crippen LogP contribution in [0.25, 0.3) is 0 Å². The average molecular weight is 207 g/mol. The Kier molecular flexibility index (Phi) is 2.28. The Hall–Kier alpha value is -0.830. The Balaban J connectivity index is 1.63. The molecule has 0 aromatic heterocycles. The predicted molar refractivity (Wildman–Crippen MR) is 56.1 cm³/mol. The highest BCUT2D eigenvalue weighted by atomic mass is 16.5. The van der Waals surface area contributed by atoms with Gasteiger partial charge in [-0.05, 0) is 50.1 Å². The molecule has 1 saturated heterocycles. The van der Waals surface area contributed by atoms with E-state index in [0.29, 0.717) is 0 Å². The van der Waals surface area contributed by atoms with Gasteiger partial charge in [-0.25, -0.2) is 4.79 Å². The van der Waals surface area contributed by atoms with Gasteiger partial charge in [0.25, 0.3) is 0 Å². The predicted octanol–water partition coefficient (Wildman–Crippen LogP) is 1.74. The Morgan fingerprint density at radius 1 is 1.33 bits per heavy atom. The number of fused-ring (bicyclic) bond motifs is 2. The molecule has 2 aliphatic carbocycles. The molecule has 3 rings (SSSR count). The smallest absolute Gasteiger partial charge is 0.328 e. The zero-order chi connectivity index (χ0) is 10.3. The standard InChI is InChI=1S/C12H17NO2/c14-12(10-2-1-5-13-10)15-11-7-8-3-4-9(11)6-8/h8,10,13H,1-7H2/t8?,10-/m0/s1. The summed E-state index contributed by atoms with van der Waals surface area (Å²) in [6.07, 6.45) is 6.68. The molecule has 1 unspecified atom stereocenters. The van der Waals surface area contributed by atoms with Crippen LogP contribution in [0.2, 0.25) is 0 Å². The van der Waals surface area contributed by atoms with E-state index in [1.54, 1.807) is 0 Å². The minimum absolute atomic E-state index is 0.0442. The SMILES string of the molecule is O=C(OC1=C2CCC(C2)C1)[C@@H]1CCCN1. The second-order valence-corrected chi connectivity index (χ2v) is 4.91. The van der Waals surface area contributed by atoms with Crippen LogP contribution in [0, 0.1) is 5.92 Å². The largest absolute Gasteiger partial charge is 0.430 e. The van der Waals surface area contributed by atoms with Crippen LogP contribution in [-0.2, 0) is 9.53 Å². The lowest BCUT2D eigenvalue weighted by atomic mass is 10.0. The first-order valence-corrected chi connectivity index (χ1v) is 5.99. The molecule has 0 amide bonds. The van der Waals surface area contributed by atoms with Crippen LogP contribution in [0.3, 0.4) is 0 Å². The Bertz CT molecular complexity index is 316. The van der Waals surface area contributed by atoms with Crippen molar-refractivity contribution in [2.45, 2.75) is 44.6 Å². The van der Waals surface area contributed by atoms with Crippen molar-refractivity contribution in [3.05, 3.63) is 11.3 Å². The summed E-state index contributed by atoms with van der Waals surface area (Å²) in [6, 6.07) is -0.0442. The molecule has 0 aromatic carbocycles. The summed E-state index contributed by atoms with van der Waals surface area (Å²) in [5, 5.41) is 3.18. The van der Waals surface area contributed by atoms with Gasteiger partial charge in [0.2, 0.25) is 0 Å². The fraction of sp³-hybridized carbons (Fsp3) is 0.750. The van der Waals surface area contributed by atoms with E-state index in [2.05, 4.69) is 5.32 Å². The minimum Gasteiger partial charge on any atom is -0.430 e. The fourth-order valence-electron chi connectivity index (χ4n) is 2.96. The van der Waals surface area contributed by atoms with Crippen molar-refractivity contribution in [1.82, 2.24) is 5.32 Å². The molecule has 2 fully saturated rings. The van der Waals surface area contributed by atoms with E-state index >= 15 is 0 Å². The maximum atomic E-state index is 11.8. The van der Waals surface area contributed by atoms with Crippen LogP contribution in [0.1, 0.15) is 38.5 Å². The van der Waals surface area contributed by atoms with Crippen LogP contribution >= 0.6 is 0 Å². The lowest BCUT2D eigenvalue weighted by molar-refractivity contribution is -0.141. The molecule has 1 aliphatic heterocycles. The van der Waals surface area contributed by atoms with Gasteiger partial charge in [-0.2, -0.15) is 0 Å². The summed E-state index contributed by atoms with van der Waals surface area (Å²) in [4.78, 5) is 11.8. The van der Waals surface area contributed by atoms with Crippen LogP contribution in [0.15, 0.2) is 11.3 Å². The highest BCUT2D eigenvalue weighted by molar-refractivity contribution is 5.77. The third kappa shape index (κ3) is 1.69. The van der Waals surface area contributed by atoms with Crippen molar-refractivity contribution in [3.63, 3.8) is 0 Å². The molecular weight excluding hydrogens is 190 g/mol. The number of allylic oxidation sites excluding steroid dienone is 2. The topological polar surface area (TPSA) is 38.3 Å². The number of nitrogens with one attached hydrogen (secondary N) is 1. The molecule has 2 bridgehead atoms. The van der Waals surface area contributed by atoms with E-state index in [4.69, 9.17) is 4.74 Å². The molecule has 0 spiro atoms. The van der Waals surface area contributed by atoms with E-state index in [1.807, 2.05) is 0 Å². The Morgan fingerprint density at radius 2 is 2.27 bits per heavy atom. The van der Waals surface area contributed by atoms with Crippen LogP contribution in [0.4, 0.5) is 0 Å². The number of carbonyl (C=O) groups is 1. The first kappa shape index (κ1) is 9.40. The van der Waals surface area contributed by atoms with Gasteiger partial charge >= 0.3 is 5.97 Å². The van der Waals surface area contributed by atoms with Gasteiger partial charge < -0.3 is 10.1 Å². The molecular formula is C12H17NO2. The Morgan fingerprint density at radius 3 is 2.87 bits per heavy atom. The second kappa shape index (κ2) is 3.63. The van der Waals surface area contributed by atoms with Crippen molar-refractivity contribution in [3.8, 4) is 0 Å². The minimum atomic E-state index is -0.0532. The van der Waals surface area contributed by atoms with Gasteiger partial charge in [-0.3, -0.25) is 0 Å². The summed E-state index contributed by atoms with van der Waals surface area (Å²) in [7, 11) is 0. The van der Waals surface area contributed by atoms with Gasteiger partial charge in [0.05, 0.1) is 0 Å². The number of rotatable bonds is 2. The van der Waals surface area contributed by atoms with Crippen molar-refractivity contribution in [1.29, 1.82) is 0 Å². The van der Waals surface area contributed by atoms with E-state index in [1.165, 1.54) is 18.4 Å². The van der Waals surface area contributed by atoms with Gasteiger partial charge in [0.15, 0.2) is 0 Å². The lowest BCUT2D eigenvalue weighted by Crippen LogP contribution is -2.32. The fourth-order valence-corrected chi connectivity index (χ4v) is 2.96. The highest BCUT2D eigenvalue weighted by Crippen LogP contribution is 2.44. The molecule has 82 valence electrons. The molecule has 0 aromatic rings. The van der Waals surface area contributed by atoms with Crippen LogP contribution in [-0.4, -0.2) is 18.6 Å². The van der Waals surface area contributed by atoms with E-state index in [9.17, 15) is 4.79 Å². The quantitative estimate of drug-likeness (QED) is 0.701. The third-order valence-corrected chi connectivity index (χ3v) is 3.83. The van der Waals surface area contributed by atoms with Crippen molar-refractivity contribution >= 4 is 5.97 Å².